The predicted molar refractivity (Wildman–Crippen MR) is 166 cm³/mol. The first-order valence-corrected chi connectivity index (χ1v) is 17.5. The lowest BCUT2D eigenvalue weighted by molar-refractivity contribution is -0.119. The summed E-state index contributed by atoms with van der Waals surface area (Å²) in [5, 5.41) is 14.1. The average molecular weight is 683 g/mol. The zero-order chi connectivity index (χ0) is 34.0. The number of amides is 2. The number of ether oxygens (including phenoxy) is 1. The molecule has 4 heterocycles. The van der Waals surface area contributed by atoms with Gasteiger partial charge >= 0.3 is 7.60 Å². The summed E-state index contributed by atoms with van der Waals surface area (Å²) in [7, 11) is -3.72. The molecule has 13 nitrogen and oxygen atoms in total. The topological polar surface area (TPSA) is 171 Å². The number of carbonyl (C=O) groups excluding carboxylic acids is 2. The number of nitrogens with zero attached hydrogens (tertiary/aromatic N) is 4. The summed E-state index contributed by atoms with van der Waals surface area (Å²) in [6.45, 7) is 4.60. The van der Waals surface area contributed by atoms with Crippen molar-refractivity contribution in [2.45, 2.75) is 64.1 Å². The van der Waals surface area contributed by atoms with Gasteiger partial charge in [-0.25, -0.2) is 13.5 Å². The number of carbonyl (C=O) groups is 2. The number of halogens is 2. The Balaban J connectivity index is 1.18. The average Bonchev–Trinajstić information content (AvgIpc) is 3.96. The number of aryl methyl sites for hydroxylation is 1. The Morgan fingerprint density at radius 3 is 2.62 bits per heavy atom. The number of fused-ring (bicyclic) bond motifs is 1. The number of pyridine rings is 1. The fourth-order valence-electron chi connectivity index (χ4n) is 6.48. The largest absolute Gasteiger partial charge is 0.493 e. The van der Waals surface area contributed by atoms with Crippen LogP contribution < -0.4 is 15.4 Å². The lowest BCUT2D eigenvalue weighted by atomic mass is 9.75. The Bertz CT molecular complexity index is 1970. The Morgan fingerprint density at radius 1 is 1.21 bits per heavy atom. The highest BCUT2D eigenvalue weighted by molar-refractivity contribution is 7.51. The molecule has 16 heteroatoms. The summed E-state index contributed by atoms with van der Waals surface area (Å²) in [4.78, 5) is 41.9. The van der Waals surface area contributed by atoms with E-state index in [0.717, 1.165) is 31.6 Å². The zero-order valence-electron chi connectivity index (χ0n) is 26.3. The molecule has 48 heavy (non-hydrogen) atoms. The highest BCUT2D eigenvalue weighted by atomic mass is 31.2. The molecule has 3 aromatic heterocycles. The van der Waals surface area contributed by atoms with Crippen molar-refractivity contribution in [3.63, 3.8) is 0 Å². The summed E-state index contributed by atoms with van der Waals surface area (Å²) in [5.41, 5.74) is 3.30. The van der Waals surface area contributed by atoms with Gasteiger partial charge in [-0.05, 0) is 57.7 Å². The number of hydrogen-bond acceptors (Lipinski definition) is 9. The van der Waals surface area contributed by atoms with E-state index in [9.17, 15) is 27.8 Å². The Kier molecular flexibility index (Phi) is 7.96. The Morgan fingerprint density at radius 2 is 1.96 bits per heavy atom. The van der Waals surface area contributed by atoms with Crippen LogP contribution in [0.4, 0.5) is 14.5 Å². The van der Waals surface area contributed by atoms with Crippen molar-refractivity contribution >= 4 is 25.1 Å². The van der Waals surface area contributed by atoms with Gasteiger partial charge in [0, 0.05) is 46.8 Å². The predicted octanol–water partition coefficient (Wildman–Crippen LogP) is 5.19. The maximum atomic E-state index is 14.6. The van der Waals surface area contributed by atoms with Gasteiger partial charge in [0.05, 0.1) is 35.6 Å². The van der Waals surface area contributed by atoms with E-state index < -0.39 is 48.4 Å². The Labute approximate surface area is 273 Å². The van der Waals surface area contributed by atoms with E-state index in [1.54, 1.807) is 26.0 Å². The van der Waals surface area contributed by atoms with E-state index in [-0.39, 0.29) is 30.6 Å². The second kappa shape index (κ2) is 11.9. The third-order valence-electron chi connectivity index (χ3n) is 9.25. The summed E-state index contributed by atoms with van der Waals surface area (Å²) in [5.74, 6) is -3.81. The normalized spacial score (nSPS) is 19.6. The molecule has 2 aliphatic carbocycles. The molecule has 2 amide bonds. The fourth-order valence-corrected chi connectivity index (χ4v) is 6.80. The number of anilines is 1. The molecule has 0 radical (unpaired) electrons. The smallest absolute Gasteiger partial charge is 0.326 e. The molecule has 7 rings (SSSR count). The summed E-state index contributed by atoms with van der Waals surface area (Å²) in [6.07, 6.45) is 5.79. The van der Waals surface area contributed by atoms with E-state index >= 15 is 0 Å². The number of hydrogen-bond donors (Lipinski definition) is 3. The lowest BCUT2D eigenvalue weighted by Crippen LogP contribution is -2.52. The first kappa shape index (κ1) is 32.1. The molecule has 1 spiro atoms. The molecule has 1 aromatic carbocycles. The quantitative estimate of drug-likeness (QED) is 0.189. The van der Waals surface area contributed by atoms with Gasteiger partial charge in [-0.15, -0.1) is 0 Å². The molecule has 3 N–H and O–H groups in total. The van der Waals surface area contributed by atoms with Crippen molar-refractivity contribution in [3.05, 3.63) is 76.6 Å². The van der Waals surface area contributed by atoms with E-state index in [0.29, 0.717) is 52.4 Å². The van der Waals surface area contributed by atoms with E-state index in [2.05, 4.69) is 25.9 Å². The van der Waals surface area contributed by atoms with Crippen molar-refractivity contribution < 1.29 is 41.6 Å². The molecule has 4 aromatic rings. The molecule has 1 aliphatic heterocycles. The lowest BCUT2D eigenvalue weighted by Gasteiger charge is -2.38. The summed E-state index contributed by atoms with van der Waals surface area (Å²) >= 11 is 0. The highest BCUT2D eigenvalue weighted by Crippen LogP contribution is 2.61. The maximum absolute atomic E-state index is 14.6. The van der Waals surface area contributed by atoms with Crippen LogP contribution in [-0.2, 0) is 20.6 Å². The minimum absolute atomic E-state index is 0.104. The number of rotatable bonds is 10. The monoisotopic (exact) mass is 682 g/mol. The fraction of sp³-hybridized carbons (Fsp3) is 0.406. The van der Waals surface area contributed by atoms with Crippen molar-refractivity contribution in [3.8, 4) is 17.0 Å². The van der Waals surface area contributed by atoms with Gasteiger partial charge in [-0.3, -0.25) is 23.7 Å². The van der Waals surface area contributed by atoms with Gasteiger partial charge in [-0.1, -0.05) is 5.16 Å². The SMILES string of the molecule is Cc1nn(COP(C)(=O)O)c(C)c1-c1ccc(NC(=O)[C@@H](NC(=O)c2conc2C2CC2)C2c3cc(F)c(F)cc3OCC23CC3)cn1. The van der Waals surface area contributed by atoms with E-state index in [1.807, 2.05) is 0 Å². The van der Waals surface area contributed by atoms with Gasteiger partial charge < -0.3 is 24.8 Å². The number of nitrogens with one attached hydrogen (secondary N) is 2. The molecular formula is C32H33F2N6O7P. The van der Waals surface area contributed by atoms with Gasteiger partial charge in [0.2, 0.25) is 5.91 Å². The Hall–Kier alpha value is -4.46. The number of aromatic nitrogens is 4. The van der Waals surface area contributed by atoms with Crippen molar-refractivity contribution in [1.29, 1.82) is 0 Å². The van der Waals surface area contributed by atoms with Gasteiger partial charge in [0.25, 0.3) is 5.91 Å². The number of benzene rings is 1. The summed E-state index contributed by atoms with van der Waals surface area (Å²) in [6, 6.07) is 4.14. The van der Waals surface area contributed by atoms with Crippen LogP contribution in [-0.4, -0.2) is 55.9 Å². The van der Waals surface area contributed by atoms with Crippen molar-refractivity contribution in [1.82, 2.24) is 25.2 Å². The van der Waals surface area contributed by atoms with Crippen LogP contribution in [0.25, 0.3) is 11.3 Å². The van der Waals surface area contributed by atoms with E-state index in [4.69, 9.17) is 13.8 Å². The van der Waals surface area contributed by atoms with Gasteiger partial charge in [-0.2, -0.15) is 5.10 Å². The highest BCUT2D eigenvalue weighted by Gasteiger charge is 2.58. The van der Waals surface area contributed by atoms with Crippen LogP contribution in [0.1, 0.15) is 70.5 Å². The van der Waals surface area contributed by atoms with Crippen LogP contribution in [0.15, 0.2) is 41.2 Å². The first-order valence-electron chi connectivity index (χ1n) is 15.5. The van der Waals surface area contributed by atoms with Crippen LogP contribution in [0, 0.1) is 30.9 Å². The molecule has 0 saturated heterocycles. The van der Waals surface area contributed by atoms with Crippen LogP contribution in [0.2, 0.25) is 0 Å². The summed E-state index contributed by atoms with van der Waals surface area (Å²) < 4.78 is 57.9. The minimum atomic E-state index is -3.72. The second-order valence-electron chi connectivity index (χ2n) is 12.8. The first-order chi connectivity index (χ1) is 22.8. The van der Waals surface area contributed by atoms with Gasteiger partial charge in [0.1, 0.15) is 30.3 Å². The third-order valence-corrected chi connectivity index (χ3v) is 9.85. The molecule has 2 fully saturated rings. The van der Waals surface area contributed by atoms with Crippen LogP contribution in [0.5, 0.6) is 5.75 Å². The third kappa shape index (κ3) is 6.13. The molecular weight excluding hydrogens is 649 g/mol. The van der Waals surface area contributed by atoms with Crippen molar-refractivity contribution in [2.75, 3.05) is 18.6 Å². The zero-order valence-corrected chi connectivity index (χ0v) is 27.2. The van der Waals surface area contributed by atoms with Crippen LogP contribution >= 0.6 is 7.60 Å². The molecule has 0 bridgehead atoms. The molecule has 2 unspecified atom stereocenters. The second-order valence-corrected chi connectivity index (χ2v) is 14.7. The minimum Gasteiger partial charge on any atom is -0.493 e. The standard InChI is InChI=1S/C32H33F2N6O7P/c1-16-26(17(2)40(38-16)15-47-48(3,43)44)24-7-6-19(12-35-24)36-31(42)29(37-30(41)21-13-46-39-28(21)18-4-5-18)27-20-10-22(33)23(34)11-25(20)45-14-32(27)8-9-32/h6-7,10-13,18,27,29H,4-5,8-9,14-15H2,1-3H3,(H,36,42)(H,37,41)(H,43,44)/t27?,29-/m0/s1. The van der Waals surface area contributed by atoms with Gasteiger partial charge in [0.15, 0.2) is 11.6 Å². The van der Waals surface area contributed by atoms with Crippen LogP contribution in [0.3, 0.4) is 0 Å². The maximum Gasteiger partial charge on any atom is 0.326 e. The van der Waals surface area contributed by atoms with E-state index in [1.165, 1.54) is 17.1 Å². The molecule has 252 valence electrons. The van der Waals surface area contributed by atoms with Crippen molar-refractivity contribution in [2.24, 2.45) is 5.41 Å². The molecule has 2 saturated carbocycles. The molecule has 3 atom stereocenters. The molecule has 3 aliphatic rings.